The molecule has 0 atom stereocenters. The predicted octanol–water partition coefficient (Wildman–Crippen LogP) is 3.41. The molecule has 1 aliphatic heterocycles. The van der Waals surface area contributed by atoms with Gasteiger partial charge in [-0.05, 0) is 12.8 Å². The van der Waals surface area contributed by atoms with Gasteiger partial charge in [-0.25, -0.2) is 9.97 Å². The summed E-state index contributed by atoms with van der Waals surface area (Å²) in [6.45, 7) is 8.81. The van der Waals surface area contributed by atoms with Gasteiger partial charge in [0, 0.05) is 29.2 Å². The highest BCUT2D eigenvalue weighted by Crippen LogP contribution is 2.33. The SMILES string of the molecule is CCc1c(Cl)ncnc1N1CCSC(C)(C)CC1. The first-order valence-electron chi connectivity index (χ1n) is 6.42. The van der Waals surface area contributed by atoms with Gasteiger partial charge in [-0.2, -0.15) is 11.8 Å². The normalized spacial score (nSPS) is 19.7. The van der Waals surface area contributed by atoms with Crippen molar-refractivity contribution < 1.29 is 0 Å². The van der Waals surface area contributed by atoms with Crippen molar-refractivity contribution in [2.24, 2.45) is 0 Å². The Morgan fingerprint density at radius 3 is 2.89 bits per heavy atom. The minimum atomic E-state index is 0.359. The van der Waals surface area contributed by atoms with Crippen LogP contribution in [0.15, 0.2) is 6.33 Å². The van der Waals surface area contributed by atoms with Crippen LogP contribution in [0.25, 0.3) is 0 Å². The van der Waals surface area contributed by atoms with E-state index >= 15 is 0 Å². The van der Waals surface area contributed by atoms with Crippen molar-refractivity contribution >= 4 is 29.2 Å². The lowest BCUT2D eigenvalue weighted by Crippen LogP contribution is -2.29. The van der Waals surface area contributed by atoms with Crippen LogP contribution < -0.4 is 4.90 Å². The molecule has 0 radical (unpaired) electrons. The van der Waals surface area contributed by atoms with Crippen molar-refractivity contribution in [3.8, 4) is 0 Å². The quantitative estimate of drug-likeness (QED) is 0.779. The predicted molar refractivity (Wildman–Crippen MR) is 79.8 cm³/mol. The first kappa shape index (κ1) is 13.9. The van der Waals surface area contributed by atoms with Gasteiger partial charge in [0.1, 0.15) is 17.3 Å². The van der Waals surface area contributed by atoms with Crippen LogP contribution in [0.2, 0.25) is 5.15 Å². The number of halogens is 1. The highest BCUT2D eigenvalue weighted by molar-refractivity contribution is 8.00. The molecule has 0 aromatic carbocycles. The van der Waals surface area contributed by atoms with Crippen LogP contribution in [0.1, 0.15) is 32.8 Å². The summed E-state index contributed by atoms with van der Waals surface area (Å²) in [7, 11) is 0. The molecule has 1 aromatic heterocycles. The van der Waals surface area contributed by atoms with E-state index in [0.29, 0.717) is 9.90 Å². The van der Waals surface area contributed by atoms with Crippen molar-refractivity contribution in [3.05, 3.63) is 17.0 Å². The highest BCUT2D eigenvalue weighted by Gasteiger charge is 2.25. The summed E-state index contributed by atoms with van der Waals surface area (Å²) in [4.78, 5) is 10.9. The van der Waals surface area contributed by atoms with Crippen molar-refractivity contribution in [3.63, 3.8) is 0 Å². The third kappa shape index (κ3) is 3.09. The van der Waals surface area contributed by atoms with Crippen LogP contribution in [-0.4, -0.2) is 33.6 Å². The van der Waals surface area contributed by atoms with Gasteiger partial charge >= 0.3 is 0 Å². The van der Waals surface area contributed by atoms with Gasteiger partial charge in [0.05, 0.1) is 0 Å². The van der Waals surface area contributed by atoms with Crippen molar-refractivity contribution in [1.29, 1.82) is 0 Å². The average Bonchev–Trinajstić information content (AvgIpc) is 2.50. The number of anilines is 1. The van der Waals surface area contributed by atoms with Crippen LogP contribution >= 0.6 is 23.4 Å². The molecule has 1 aliphatic rings. The molecule has 0 N–H and O–H groups in total. The van der Waals surface area contributed by atoms with E-state index in [1.54, 1.807) is 6.33 Å². The van der Waals surface area contributed by atoms with Crippen LogP contribution in [0.5, 0.6) is 0 Å². The van der Waals surface area contributed by atoms with Gasteiger partial charge in [-0.15, -0.1) is 0 Å². The number of hydrogen-bond acceptors (Lipinski definition) is 4. The number of thioether (sulfide) groups is 1. The Labute approximate surface area is 118 Å². The Kier molecular flexibility index (Phi) is 4.38. The maximum absolute atomic E-state index is 6.16. The van der Waals surface area contributed by atoms with E-state index in [9.17, 15) is 0 Å². The summed E-state index contributed by atoms with van der Waals surface area (Å²) in [5.41, 5.74) is 1.07. The number of nitrogens with zero attached hydrogens (tertiary/aromatic N) is 3. The standard InChI is InChI=1S/C13H20ClN3S/c1-4-10-11(14)15-9-16-12(10)17-6-5-13(2,3)18-8-7-17/h9H,4-8H2,1-3H3. The average molecular weight is 286 g/mol. The van der Waals surface area contributed by atoms with Gasteiger partial charge in [0.15, 0.2) is 0 Å². The Morgan fingerprint density at radius 2 is 2.17 bits per heavy atom. The largest absolute Gasteiger partial charge is 0.355 e. The molecule has 0 saturated carbocycles. The zero-order valence-corrected chi connectivity index (χ0v) is 12.8. The zero-order chi connectivity index (χ0) is 13.2. The smallest absolute Gasteiger partial charge is 0.137 e. The first-order chi connectivity index (χ1) is 8.53. The summed E-state index contributed by atoms with van der Waals surface area (Å²) in [6.07, 6.45) is 3.62. The fourth-order valence-electron chi connectivity index (χ4n) is 2.19. The van der Waals surface area contributed by atoms with Crippen LogP contribution in [-0.2, 0) is 6.42 Å². The zero-order valence-electron chi connectivity index (χ0n) is 11.2. The number of rotatable bonds is 2. The van der Waals surface area contributed by atoms with Gasteiger partial charge in [0.2, 0.25) is 0 Å². The highest BCUT2D eigenvalue weighted by atomic mass is 35.5. The van der Waals surface area contributed by atoms with E-state index < -0.39 is 0 Å². The summed E-state index contributed by atoms with van der Waals surface area (Å²) in [5, 5.41) is 0.596. The monoisotopic (exact) mass is 285 g/mol. The Morgan fingerprint density at radius 1 is 1.39 bits per heavy atom. The fourth-order valence-corrected chi connectivity index (χ4v) is 3.55. The molecule has 2 heterocycles. The van der Waals surface area contributed by atoms with E-state index in [0.717, 1.165) is 36.6 Å². The molecule has 0 unspecified atom stereocenters. The van der Waals surface area contributed by atoms with Crippen LogP contribution in [0.4, 0.5) is 5.82 Å². The lowest BCUT2D eigenvalue weighted by molar-refractivity contribution is 0.633. The molecule has 2 rings (SSSR count). The summed E-state index contributed by atoms with van der Waals surface area (Å²) in [6, 6.07) is 0. The van der Waals surface area contributed by atoms with Crippen molar-refractivity contribution in [2.45, 2.75) is 38.4 Å². The molecule has 3 nitrogen and oxygen atoms in total. The minimum Gasteiger partial charge on any atom is -0.355 e. The molecule has 5 heteroatoms. The Bertz CT molecular complexity index is 423. The van der Waals surface area contributed by atoms with Crippen LogP contribution in [0.3, 0.4) is 0 Å². The van der Waals surface area contributed by atoms with E-state index in [2.05, 4.69) is 35.6 Å². The molecule has 1 fully saturated rings. The maximum atomic E-state index is 6.16. The molecule has 0 aliphatic carbocycles. The lowest BCUT2D eigenvalue weighted by Gasteiger charge is -2.25. The second kappa shape index (κ2) is 5.66. The van der Waals surface area contributed by atoms with Crippen molar-refractivity contribution in [2.75, 3.05) is 23.7 Å². The van der Waals surface area contributed by atoms with Gasteiger partial charge in [-0.1, -0.05) is 32.4 Å². The second-order valence-corrected chi connectivity index (χ2v) is 7.33. The fraction of sp³-hybridized carbons (Fsp3) is 0.692. The van der Waals surface area contributed by atoms with E-state index in [1.807, 2.05) is 11.8 Å². The van der Waals surface area contributed by atoms with E-state index in [-0.39, 0.29) is 0 Å². The third-order valence-electron chi connectivity index (χ3n) is 3.36. The van der Waals surface area contributed by atoms with Crippen molar-refractivity contribution in [1.82, 2.24) is 9.97 Å². The molecular formula is C13H20ClN3S. The topological polar surface area (TPSA) is 29.0 Å². The first-order valence-corrected chi connectivity index (χ1v) is 7.78. The maximum Gasteiger partial charge on any atom is 0.137 e. The summed E-state index contributed by atoms with van der Waals surface area (Å²) >= 11 is 8.20. The van der Waals surface area contributed by atoms with Gasteiger partial charge in [0.25, 0.3) is 0 Å². The Hall–Kier alpha value is -0.480. The third-order valence-corrected chi connectivity index (χ3v) is 5.06. The lowest BCUT2D eigenvalue weighted by atomic mass is 10.1. The summed E-state index contributed by atoms with van der Waals surface area (Å²) < 4.78 is 0.359. The Balaban J connectivity index is 2.24. The molecule has 18 heavy (non-hydrogen) atoms. The van der Waals surface area contributed by atoms with Crippen LogP contribution in [0, 0.1) is 0 Å². The molecule has 1 aromatic rings. The van der Waals surface area contributed by atoms with Gasteiger partial charge in [-0.3, -0.25) is 0 Å². The molecule has 1 saturated heterocycles. The van der Waals surface area contributed by atoms with E-state index in [4.69, 9.17) is 11.6 Å². The molecular weight excluding hydrogens is 266 g/mol. The molecule has 0 bridgehead atoms. The summed E-state index contributed by atoms with van der Waals surface area (Å²) in [5.74, 6) is 2.16. The number of aromatic nitrogens is 2. The van der Waals surface area contributed by atoms with E-state index in [1.165, 1.54) is 6.42 Å². The molecule has 100 valence electrons. The minimum absolute atomic E-state index is 0.359. The molecule has 0 amide bonds. The van der Waals surface area contributed by atoms with Gasteiger partial charge < -0.3 is 4.90 Å². The molecule has 0 spiro atoms. The number of hydrogen-bond donors (Lipinski definition) is 0. The second-order valence-electron chi connectivity index (χ2n) is 5.17.